The highest BCUT2D eigenvalue weighted by Gasteiger charge is 2.29. The molecule has 2 rings (SSSR count). The highest BCUT2D eigenvalue weighted by Crippen LogP contribution is 2.30. The number of aromatic nitrogens is 1. The van der Waals surface area contributed by atoms with Gasteiger partial charge in [0.1, 0.15) is 17.2 Å². The van der Waals surface area contributed by atoms with Gasteiger partial charge in [0.2, 0.25) is 0 Å². The fourth-order valence-corrected chi connectivity index (χ4v) is 1.92. The van der Waals surface area contributed by atoms with Crippen molar-refractivity contribution in [1.82, 2.24) is 4.98 Å². The van der Waals surface area contributed by atoms with E-state index in [0.717, 1.165) is 11.8 Å². The van der Waals surface area contributed by atoms with E-state index in [0.29, 0.717) is 5.56 Å². The van der Waals surface area contributed by atoms with Crippen LogP contribution in [0.15, 0.2) is 36.5 Å². The van der Waals surface area contributed by atoms with Crippen molar-refractivity contribution in [3.63, 3.8) is 0 Å². The molecule has 0 radical (unpaired) electrons. The molecule has 2 aromatic rings. The van der Waals surface area contributed by atoms with Gasteiger partial charge < -0.3 is 5.11 Å². The summed E-state index contributed by atoms with van der Waals surface area (Å²) in [4.78, 5) is 3.85. The summed E-state index contributed by atoms with van der Waals surface area (Å²) in [5.41, 5.74) is -0.0217. The second-order valence-corrected chi connectivity index (χ2v) is 4.39. The van der Waals surface area contributed by atoms with Crippen LogP contribution in [-0.4, -0.2) is 10.1 Å². The van der Waals surface area contributed by atoms with E-state index >= 15 is 0 Å². The molecule has 1 unspecified atom stereocenters. The number of halogens is 2. The van der Waals surface area contributed by atoms with Crippen molar-refractivity contribution in [1.29, 1.82) is 0 Å². The number of hydrogen-bond donors (Lipinski definition) is 1. The molecule has 2 nitrogen and oxygen atoms in total. The third-order valence-electron chi connectivity index (χ3n) is 2.95. The quantitative estimate of drug-likeness (QED) is 0.887. The molecule has 0 fully saturated rings. The normalized spacial score (nSPS) is 14.3. The van der Waals surface area contributed by atoms with E-state index < -0.39 is 17.2 Å². The number of nitrogens with zero attached hydrogens (tertiary/aromatic N) is 1. The first-order chi connectivity index (χ1) is 8.41. The minimum atomic E-state index is -1.46. The van der Waals surface area contributed by atoms with Crippen molar-refractivity contribution >= 4 is 0 Å². The van der Waals surface area contributed by atoms with E-state index in [9.17, 15) is 13.9 Å². The lowest BCUT2D eigenvalue weighted by atomic mass is 9.88. The van der Waals surface area contributed by atoms with E-state index in [1.54, 1.807) is 13.0 Å². The van der Waals surface area contributed by atoms with Crippen molar-refractivity contribution in [2.24, 2.45) is 0 Å². The van der Waals surface area contributed by atoms with Crippen molar-refractivity contribution in [3.05, 3.63) is 65.0 Å². The molecule has 94 valence electrons. The molecule has 0 amide bonds. The lowest BCUT2D eigenvalue weighted by Gasteiger charge is -2.25. The smallest absolute Gasteiger partial charge is 0.141 e. The van der Waals surface area contributed by atoms with Crippen LogP contribution in [0, 0.1) is 18.6 Å². The average Bonchev–Trinajstić information content (AvgIpc) is 2.32. The molecule has 0 aliphatic carbocycles. The van der Waals surface area contributed by atoms with Gasteiger partial charge in [-0.15, -0.1) is 0 Å². The van der Waals surface area contributed by atoms with Gasteiger partial charge in [0, 0.05) is 0 Å². The molecule has 1 heterocycles. The van der Waals surface area contributed by atoms with E-state index in [4.69, 9.17) is 0 Å². The molecule has 0 aliphatic rings. The van der Waals surface area contributed by atoms with Crippen molar-refractivity contribution in [3.8, 4) is 0 Å². The maximum Gasteiger partial charge on any atom is 0.141 e. The number of pyridine rings is 1. The largest absolute Gasteiger partial charge is 0.379 e. The highest BCUT2D eigenvalue weighted by molar-refractivity contribution is 5.37. The van der Waals surface area contributed by atoms with E-state index in [1.165, 1.54) is 31.2 Å². The first kappa shape index (κ1) is 12.6. The summed E-state index contributed by atoms with van der Waals surface area (Å²) >= 11 is 0. The molecular weight excluding hydrogens is 236 g/mol. The molecular formula is C14H13F2NO. The Balaban J connectivity index is 2.53. The molecule has 1 atom stereocenters. The molecule has 0 bridgehead atoms. The van der Waals surface area contributed by atoms with Crippen LogP contribution in [0.1, 0.15) is 23.7 Å². The number of aryl methyl sites for hydroxylation is 1. The molecule has 0 saturated heterocycles. The predicted octanol–water partition coefficient (Wildman–Crippen LogP) is 2.92. The maximum absolute atomic E-state index is 13.3. The Bertz CT molecular complexity index is 565. The van der Waals surface area contributed by atoms with Crippen molar-refractivity contribution in [2.45, 2.75) is 19.4 Å². The molecule has 0 aliphatic heterocycles. The first-order valence-electron chi connectivity index (χ1n) is 5.52. The van der Waals surface area contributed by atoms with Crippen molar-refractivity contribution in [2.75, 3.05) is 0 Å². The maximum atomic E-state index is 13.3. The highest BCUT2D eigenvalue weighted by atomic mass is 19.1. The van der Waals surface area contributed by atoms with Gasteiger partial charge >= 0.3 is 0 Å². The van der Waals surface area contributed by atoms with E-state index in [-0.39, 0.29) is 5.69 Å². The summed E-state index contributed by atoms with van der Waals surface area (Å²) < 4.78 is 26.1. The summed E-state index contributed by atoms with van der Waals surface area (Å²) in [6.45, 7) is 3.28. The zero-order chi connectivity index (χ0) is 13.3. The average molecular weight is 249 g/mol. The van der Waals surface area contributed by atoms with Crippen molar-refractivity contribution < 1.29 is 13.9 Å². The Hall–Kier alpha value is -1.81. The molecule has 4 heteroatoms. The minimum absolute atomic E-state index is 0.276. The summed E-state index contributed by atoms with van der Waals surface area (Å²) in [6, 6.07) is 6.78. The molecule has 0 saturated carbocycles. The topological polar surface area (TPSA) is 33.1 Å². The fourth-order valence-electron chi connectivity index (χ4n) is 1.92. The molecule has 1 aromatic carbocycles. The van der Waals surface area contributed by atoms with Crippen LogP contribution in [0.2, 0.25) is 0 Å². The van der Waals surface area contributed by atoms with Crippen LogP contribution < -0.4 is 0 Å². The lowest BCUT2D eigenvalue weighted by molar-refractivity contribution is 0.0962. The third-order valence-corrected chi connectivity index (χ3v) is 2.95. The van der Waals surface area contributed by atoms with Crippen LogP contribution >= 0.6 is 0 Å². The van der Waals surface area contributed by atoms with Gasteiger partial charge in [0.15, 0.2) is 0 Å². The van der Waals surface area contributed by atoms with E-state index in [2.05, 4.69) is 4.98 Å². The van der Waals surface area contributed by atoms with Gasteiger partial charge in [-0.2, -0.15) is 0 Å². The van der Waals surface area contributed by atoms with Gasteiger partial charge in [-0.05, 0) is 49.2 Å². The molecule has 1 N–H and O–H groups in total. The van der Waals surface area contributed by atoms with Gasteiger partial charge in [-0.25, -0.2) is 8.78 Å². The van der Waals surface area contributed by atoms with Gasteiger partial charge in [0.25, 0.3) is 0 Å². The van der Waals surface area contributed by atoms with Gasteiger partial charge in [0.05, 0.1) is 11.9 Å². The van der Waals surface area contributed by atoms with E-state index in [1.807, 2.05) is 0 Å². The Morgan fingerprint density at radius 2 is 1.78 bits per heavy atom. The first-order valence-corrected chi connectivity index (χ1v) is 5.52. The second kappa shape index (κ2) is 4.46. The number of rotatable bonds is 2. The van der Waals surface area contributed by atoms with Crippen LogP contribution in [-0.2, 0) is 5.60 Å². The number of aliphatic hydroxyl groups is 1. The molecule has 18 heavy (non-hydrogen) atoms. The SMILES string of the molecule is Cc1ccc(F)cc1C(C)(O)c1ccc(F)cn1. The zero-order valence-corrected chi connectivity index (χ0v) is 10.1. The third kappa shape index (κ3) is 2.24. The Morgan fingerprint density at radius 1 is 1.11 bits per heavy atom. The monoisotopic (exact) mass is 249 g/mol. The zero-order valence-electron chi connectivity index (χ0n) is 10.1. The van der Waals surface area contributed by atoms with Gasteiger partial charge in [-0.3, -0.25) is 4.98 Å². The van der Waals surface area contributed by atoms with Gasteiger partial charge in [-0.1, -0.05) is 6.07 Å². The number of benzene rings is 1. The minimum Gasteiger partial charge on any atom is -0.379 e. The fraction of sp³-hybridized carbons (Fsp3) is 0.214. The molecule has 0 spiro atoms. The molecule has 1 aromatic heterocycles. The van der Waals surface area contributed by atoms with Crippen LogP contribution in [0.5, 0.6) is 0 Å². The Labute approximate surface area is 104 Å². The Morgan fingerprint density at radius 3 is 2.39 bits per heavy atom. The summed E-state index contributed by atoms with van der Waals surface area (Å²) in [7, 11) is 0. The lowest BCUT2D eigenvalue weighted by Crippen LogP contribution is -2.25. The Kier molecular flexibility index (Phi) is 3.13. The van der Waals surface area contributed by atoms with Crippen LogP contribution in [0.25, 0.3) is 0 Å². The van der Waals surface area contributed by atoms with Crippen LogP contribution in [0.3, 0.4) is 0 Å². The predicted molar refractivity (Wildman–Crippen MR) is 64.0 cm³/mol. The summed E-state index contributed by atoms with van der Waals surface area (Å²) in [6.07, 6.45) is 1.03. The van der Waals surface area contributed by atoms with Crippen LogP contribution in [0.4, 0.5) is 8.78 Å². The standard InChI is InChI=1S/C14H13F2NO/c1-9-3-4-10(15)7-12(9)14(2,18)13-6-5-11(16)8-17-13/h3-8,18H,1-2H3. The second-order valence-electron chi connectivity index (χ2n) is 4.39. The summed E-state index contributed by atoms with van der Waals surface area (Å²) in [5, 5.41) is 10.5. The number of hydrogen-bond acceptors (Lipinski definition) is 2. The summed E-state index contributed by atoms with van der Waals surface area (Å²) in [5.74, 6) is -0.913.